The molecule has 2 unspecified atom stereocenters. The van der Waals surface area contributed by atoms with Crippen LogP contribution in [-0.2, 0) is 10.0 Å². The first kappa shape index (κ1) is 24.7. The van der Waals surface area contributed by atoms with Gasteiger partial charge >= 0.3 is 0 Å². The van der Waals surface area contributed by atoms with E-state index in [1.165, 1.54) is 16.4 Å². The van der Waals surface area contributed by atoms with E-state index in [2.05, 4.69) is 33.2 Å². The number of likely N-dealkylation sites (N-methyl/N-ethyl adjacent to an activating group) is 1. The zero-order valence-electron chi connectivity index (χ0n) is 18.8. The fraction of sp³-hybridized carbons (Fsp3) is 0.458. The maximum Gasteiger partial charge on any atom is 0.253 e. The molecule has 9 heteroatoms. The van der Waals surface area contributed by atoms with Crippen LogP contribution in [-0.4, -0.2) is 56.3 Å². The molecule has 1 aliphatic heterocycles. The Morgan fingerprint density at radius 1 is 1.15 bits per heavy atom. The number of piperidine rings is 1. The number of rotatable bonds is 7. The molecule has 2 atom stereocenters. The van der Waals surface area contributed by atoms with Crippen LogP contribution in [0.5, 0.6) is 0 Å². The van der Waals surface area contributed by atoms with Crippen molar-refractivity contribution in [3.63, 3.8) is 0 Å². The summed E-state index contributed by atoms with van der Waals surface area (Å²) in [5.41, 5.74) is 1.28. The molecule has 0 spiro atoms. The number of likely N-dealkylation sites (tertiary alicyclic amines) is 1. The number of sulfonamides is 1. The summed E-state index contributed by atoms with van der Waals surface area (Å²) in [5.74, 6) is -0.326. The zero-order chi connectivity index (χ0) is 23.8. The Bertz CT molecular complexity index is 1130. The standard InChI is InChI=1S/C24H29BrClN3O3S/c1-28-15-7-6-10-19(28)23(16-8-4-3-5-9-16)27-24(30)18-13-14-20(21(25)22(18)26)33(31,32)29(2)17-11-12-17/h3-5,8-9,13-14,17,19,23H,6-7,10-12,15H2,1-2H3,(H,27,30). The molecule has 1 N–H and O–H groups in total. The molecule has 178 valence electrons. The molecule has 1 saturated carbocycles. The summed E-state index contributed by atoms with van der Waals surface area (Å²) in [5, 5.41) is 3.28. The highest BCUT2D eigenvalue weighted by Gasteiger charge is 2.37. The van der Waals surface area contributed by atoms with E-state index in [-0.39, 0.29) is 44.0 Å². The molecule has 2 aliphatic rings. The molecule has 1 saturated heterocycles. The number of halogens is 2. The Hall–Kier alpha value is -1.45. The summed E-state index contributed by atoms with van der Waals surface area (Å²) in [6.45, 7) is 0.983. The second-order valence-electron chi connectivity index (χ2n) is 8.90. The van der Waals surface area contributed by atoms with E-state index in [1.54, 1.807) is 7.05 Å². The van der Waals surface area contributed by atoms with Crippen LogP contribution in [0.15, 0.2) is 51.8 Å². The third-order valence-electron chi connectivity index (χ3n) is 6.67. The molecule has 1 heterocycles. The molecule has 2 fully saturated rings. The van der Waals surface area contributed by atoms with Crippen LogP contribution >= 0.6 is 27.5 Å². The van der Waals surface area contributed by atoms with Crippen LogP contribution < -0.4 is 5.32 Å². The summed E-state index contributed by atoms with van der Waals surface area (Å²) in [6.07, 6.45) is 4.96. The van der Waals surface area contributed by atoms with E-state index in [0.29, 0.717) is 0 Å². The Morgan fingerprint density at radius 2 is 1.85 bits per heavy atom. The summed E-state index contributed by atoms with van der Waals surface area (Å²) in [4.78, 5) is 15.7. The Kier molecular flexibility index (Phi) is 7.50. The molecule has 0 aromatic heterocycles. The van der Waals surface area contributed by atoms with E-state index in [0.717, 1.165) is 44.2 Å². The summed E-state index contributed by atoms with van der Waals surface area (Å²) < 4.78 is 27.6. The summed E-state index contributed by atoms with van der Waals surface area (Å²) >= 11 is 9.89. The summed E-state index contributed by atoms with van der Waals surface area (Å²) in [7, 11) is -0.0269. The molecular weight excluding hydrogens is 526 g/mol. The van der Waals surface area contributed by atoms with E-state index in [4.69, 9.17) is 11.6 Å². The number of nitrogens with zero attached hydrogens (tertiary/aromatic N) is 2. The number of carbonyl (C=O) groups excluding carboxylic acids is 1. The van der Waals surface area contributed by atoms with Crippen molar-refractivity contribution in [1.29, 1.82) is 0 Å². The summed E-state index contributed by atoms with van der Waals surface area (Å²) in [6, 6.07) is 12.9. The van der Waals surface area contributed by atoms with Crippen LogP contribution in [0.3, 0.4) is 0 Å². The van der Waals surface area contributed by atoms with Gasteiger partial charge in [-0.25, -0.2) is 8.42 Å². The second kappa shape index (κ2) is 10.0. The lowest BCUT2D eigenvalue weighted by molar-refractivity contribution is 0.0870. The van der Waals surface area contributed by atoms with E-state index < -0.39 is 10.0 Å². The van der Waals surface area contributed by atoms with Gasteiger partial charge in [0.05, 0.1) is 26.0 Å². The minimum atomic E-state index is -3.70. The normalized spacial score (nSPS) is 20.6. The van der Waals surface area contributed by atoms with Gasteiger partial charge in [-0.3, -0.25) is 4.79 Å². The van der Waals surface area contributed by atoms with Crippen LogP contribution in [0, 0.1) is 0 Å². The van der Waals surface area contributed by atoms with Crippen molar-refractivity contribution in [2.45, 2.75) is 55.1 Å². The average Bonchev–Trinajstić information content (AvgIpc) is 3.65. The van der Waals surface area contributed by atoms with Crippen molar-refractivity contribution in [3.05, 3.63) is 63.1 Å². The molecule has 0 radical (unpaired) electrons. The maximum absolute atomic E-state index is 13.4. The number of hydrogen-bond donors (Lipinski definition) is 1. The fourth-order valence-corrected chi connectivity index (χ4v) is 7.25. The lowest BCUT2D eigenvalue weighted by Crippen LogP contribution is -2.47. The number of hydrogen-bond acceptors (Lipinski definition) is 4. The van der Waals surface area contributed by atoms with Crippen molar-refractivity contribution in [3.8, 4) is 0 Å². The van der Waals surface area contributed by atoms with Crippen molar-refractivity contribution in [1.82, 2.24) is 14.5 Å². The second-order valence-corrected chi connectivity index (χ2v) is 12.0. The zero-order valence-corrected chi connectivity index (χ0v) is 22.0. The predicted molar refractivity (Wildman–Crippen MR) is 134 cm³/mol. The predicted octanol–water partition coefficient (Wildman–Crippen LogP) is 4.84. The first-order chi connectivity index (χ1) is 15.7. The average molecular weight is 555 g/mol. The Balaban J connectivity index is 1.63. The topological polar surface area (TPSA) is 69.7 Å². The number of benzene rings is 2. The van der Waals surface area contributed by atoms with Crippen LogP contribution in [0.1, 0.15) is 54.1 Å². The Morgan fingerprint density at radius 3 is 2.48 bits per heavy atom. The fourth-order valence-electron chi connectivity index (χ4n) is 4.50. The third-order valence-corrected chi connectivity index (χ3v) is 10.3. The monoisotopic (exact) mass is 553 g/mol. The number of amides is 1. The molecular formula is C24H29BrClN3O3S. The van der Waals surface area contributed by atoms with Gasteiger partial charge in [-0.15, -0.1) is 0 Å². The van der Waals surface area contributed by atoms with Gasteiger partial charge in [-0.05, 0) is 72.9 Å². The highest BCUT2D eigenvalue weighted by molar-refractivity contribution is 9.10. The minimum Gasteiger partial charge on any atom is -0.344 e. The smallest absolute Gasteiger partial charge is 0.253 e. The van der Waals surface area contributed by atoms with Gasteiger partial charge in [-0.1, -0.05) is 48.4 Å². The molecule has 1 amide bonds. The maximum atomic E-state index is 13.4. The SMILES string of the molecule is CN1CCCCC1C(NC(=O)c1ccc(S(=O)(=O)N(C)C2CC2)c(Br)c1Cl)c1ccccc1. The van der Waals surface area contributed by atoms with Gasteiger partial charge in [-0.2, -0.15) is 4.31 Å². The number of nitrogens with one attached hydrogen (secondary N) is 1. The molecule has 6 nitrogen and oxygen atoms in total. The van der Waals surface area contributed by atoms with E-state index in [9.17, 15) is 13.2 Å². The van der Waals surface area contributed by atoms with Crippen molar-refractivity contribution >= 4 is 43.5 Å². The van der Waals surface area contributed by atoms with Gasteiger partial charge in [0.25, 0.3) is 5.91 Å². The number of carbonyl (C=O) groups is 1. The third kappa shape index (κ3) is 5.15. The van der Waals surface area contributed by atoms with Crippen molar-refractivity contribution < 1.29 is 13.2 Å². The first-order valence-corrected chi connectivity index (χ1v) is 13.8. The van der Waals surface area contributed by atoms with Gasteiger partial charge < -0.3 is 10.2 Å². The first-order valence-electron chi connectivity index (χ1n) is 11.2. The van der Waals surface area contributed by atoms with Gasteiger partial charge in [0.15, 0.2) is 0 Å². The molecule has 33 heavy (non-hydrogen) atoms. The molecule has 0 bridgehead atoms. The van der Waals surface area contributed by atoms with Crippen LogP contribution in [0.4, 0.5) is 0 Å². The molecule has 4 rings (SSSR count). The highest BCUT2D eigenvalue weighted by atomic mass is 79.9. The Labute approximate surface area is 209 Å². The molecule has 1 aliphatic carbocycles. The molecule has 2 aromatic carbocycles. The highest BCUT2D eigenvalue weighted by Crippen LogP contribution is 2.37. The lowest BCUT2D eigenvalue weighted by atomic mass is 9.91. The van der Waals surface area contributed by atoms with E-state index in [1.807, 2.05) is 30.3 Å². The van der Waals surface area contributed by atoms with Gasteiger partial charge in [0.2, 0.25) is 10.0 Å². The van der Waals surface area contributed by atoms with Crippen LogP contribution in [0.25, 0.3) is 0 Å². The quantitative estimate of drug-likeness (QED) is 0.532. The van der Waals surface area contributed by atoms with Crippen molar-refractivity contribution in [2.24, 2.45) is 0 Å². The van der Waals surface area contributed by atoms with E-state index >= 15 is 0 Å². The largest absolute Gasteiger partial charge is 0.344 e. The van der Waals surface area contributed by atoms with Crippen molar-refractivity contribution in [2.75, 3.05) is 20.6 Å². The minimum absolute atomic E-state index is 0.0303. The lowest BCUT2D eigenvalue weighted by Gasteiger charge is -2.38. The molecule has 2 aromatic rings. The van der Waals surface area contributed by atoms with Gasteiger partial charge in [0, 0.05) is 19.1 Å². The van der Waals surface area contributed by atoms with Gasteiger partial charge in [0.1, 0.15) is 0 Å². The van der Waals surface area contributed by atoms with Crippen LogP contribution in [0.2, 0.25) is 5.02 Å².